The zero-order valence-electron chi connectivity index (χ0n) is 22.3. The van der Waals surface area contributed by atoms with Crippen molar-refractivity contribution in [3.05, 3.63) is 11.9 Å². The molecule has 35 heavy (non-hydrogen) atoms. The van der Waals surface area contributed by atoms with Crippen molar-refractivity contribution in [3.63, 3.8) is 0 Å². The molecule has 3 saturated heterocycles. The predicted molar refractivity (Wildman–Crippen MR) is 137 cm³/mol. The van der Waals surface area contributed by atoms with E-state index in [1.165, 1.54) is 11.4 Å². The fourth-order valence-electron chi connectivity index (χ4n) is 5.03. The number of allylic oxidation sites excluding steroid dienone is 1. The van der Waals surface area contributed by atoms with Gasteiger partial charge in [-0.1, -0.05) is 19.6 Å². The first-order valence-corrected chi connectivity index (χ1v) is 16.6. The summed E-state index contributed by atoms with van der Waals surface area (Å²) in [5.41, 5.74) is 1.52. The minimum Gasteiger partial charge on any atom is -0.450 e. The number of piperidine rings is 1. The van der Waals surface area contributed by atoms with Gasteiger partial charge >= 0.3 is 12.2 Å². The van der Waals surface area contributed by atoms with E-state index < -0.39 is 13.7 Å². The maximum absolute atomic E-state index is 12.6. The number of rotatable bonds is 4. The lowest BCUT2D eigenvalue weighted by Crippen LogP contribution is -2.71. The minimum absolute atomic E-state index is 0.194. The van der Waals surface area contributed by atoms with E-state index >= 15 is 0 Å². The summed E-state index contributed by atoms with van der Waals surface area (Å²) in [5, 5.41) is 0. The van der Waals surface area contributed by atoms with Gasteiger partial charge in [0, 0.05) is 57.7 Å². The molecular weight excluding hydrogens is 464 g/mol. The van der Waals surface area contributed by atoms with E-state index in [2.05, 4.69) is 24.5 Å². The van der Waals surface area contributed by atoms with Crippen molar-refractivity contribution >= 4 is 26.0 Å². The molecule has 0 N–H and O–H groups in total. The van der Waals surface area contributed by atoms with E-state index in [9.17, 15) is 9.59 Å². The second-order valence-corrected chi connectivity index (χ2v) is 18.2. The van der Waals surface area contributed by atoms with Crippen LogP contribution in [0.25, 0.3) is 0 Å². The summed E-state index contributed by atoms with van der Waals surface area (Å²) in [6, 6.07) is 0.986. The van der Waals surface area contributed by atoms with Gasteiger partial charge in [-0.3, -0.25) is 4.99 Å². The maximum atomic E-state index is 12.6. The van der Waals surface area contributed by atoms with Gasteiger partial charge in [-0.05, 0) is 33.2 Å². The van der Waals surface area contributed by atoms with Gasteiger partial charge < -0.3 is 28.9 Å². The van der Waals surface area contributed by atoms with Crippen molar-refractivity contribution in [1.29, 1.82) is 0 Å². The van der Waals surface area contributed by atoms with Crippen LogP contribution >= 0.6 is 0 Å². The molecule has 3 fully saturated rings. The number of carbonyl (C=O) groups is 2. The Morgan fingerprint density at radius 3 is 2.57 bits per heavy atom. The Balaban J connectivity index is 1.29. The molecule has 4 heterocycles. The Hall–Kier alpha value is -2.07. The SMILES string of the molecule is CC(C)(C)OC(=O)N1CC2(C1)CN(C1=CN=C3CCN(C(=O)OCC[Si](C)(C)C)CC3C1)CCO2. The van der Waals surface area contributed by atoms with Gasteiger partial charge in [-0.15, -0.1) is 0 Å². The first-order chi connectivity index (χ1) is 16.3. The van der Waals surface area contributed by atoms with Gasteiger partial charge in [-0.25, -0.2) is 9.59 Å². The molecule has 0 saturated carbocycles. The van der Waals surface area contributed by atoms with E-state index in [0.717, 1.165) is 32.0 Å². The van der Waals surface area contributed by atoms with E-state index in [1.54, 1.807) is 4.90 Å². The summed E-state index contributed by atoms with van der Waals surface area (Å²) < 4.78 is 17.2. The number of hydrogen-bond donors (Lipinski definition) is 0. The van der Waals surface area contributed by atoms with Crippen LogP contribution in [0.5, 0.6) is 0 Å². The molecule has 0 aliphatic carbocycles. The molecule has 196 valence electrons. The molecule has 4 aliphatic rings. The van der Waals surface area contributed by atoms with Crippen molar-refractivity contribution in [1.82, 2.24) is 14.7 Å². The van der Waals surface area contributed by atoms with Gasteiger partial charge in [0.25, 0.3) is 0 Å². The number of amides is 2. The second-order valence-electron chi connectivity index (χ2n) is 12.6. The number of aliphatic imine (C=N–C) groups is 1. The average molecular weight is 507 g/mol. The van der Waals surface area contributed by atoms with Crippen LogP contribution in [0, 0.1) is 5.92 Å². The van der Waals surface area contributed by atoms with Crippen LogP contribution in [0.4, 0.5) is 9.59 Å². The molecule has 10 heteroatoms. The van der Waals surface area contributed by atoms with Crippen molar-refractivity contribution in [2.24, 2.45) is 10.9 Å². The molecule has 0 aromatic heterocycles. The van der Waals surface area contributed by atoms with Gasteiger partial charge in [-0.2, -0.15) is 0 Å². The molecule has 0 radical (unpaired) electrons. The van der Waals surface area contributed by atoms with Crippen molar-refractivity contribution in [3.8, 4) is 0 Å². The van der Waals surface area contributed by atoms with Crippen LogP contribution < -0.4 is 0 Å². The average Bonchev–Trinajstić information content (AvgIpc) is 2.74. The number of morpholine rings is 1. The topological polar surface area (TPSA) is 83.9 Å². The Bertz CT molecular complexity index is 885. The molecule has 4 rings (SSSR count). The standard InChI is InChI=1S/C25H42N4O5Si/c1-24(2,3)34-23(31)29-17-25(18-29)16-28(9-10-33-25)20-13-19-15-27(8-7-21(19)26-14-20)22(30)32-11-12-35(4,5)6/h14,19H,7-13,15-18H2,1-6H3. The van der Waals surface area contributed by atoms with E-state index in [0.29, 0.717) is 39.4 Å². The molecular formula is C25H42N4O5Si. The minimum atomic E-state index is -1.23. The fourth-order valence-corrected chi connectivity index (χ4v) is 5.74. The molecule has 0 aromatic carbocycles. The van der Waals surface area contributed by atoms with Gasteiger partial charge in [0.15, 0.2) is 0 Å². The third-order valence-electron chi connectivity index (χ3n) is 6.98. The predicted octanol–water partition coefficient (Wildman–Crippen LogP) is 3.79. The number of fused-ring (bicyclic) bond motifs is 1. The number of likely N-dealkylation sites (tertiary alicyclic amines) is 2. The molecule has 4 aliphatic heterocycles. The molecule has 1 unspecified atom stereocenters. The van der Waals surface area contributed by atoms with E-state index in [1.807, 2.05) is 31.9 Å². The first-order valence-electron chi connectivity index (χ1n) is 12.9. The summed E-state index contributed by atoms with van der Waals surface area (Å²) in [7, 11) is -1.23. The second kappa shape index (κ2) is 9.76. The normalized spacial score (nSPS) is 24.3. The highest BCUT2D eigenvalue weighted by Gasteiger charge is 2.50. The summed E-state index contributed by atoms with van der Waals surface area (Å²) in [6.07, 6.45) is 3.19. The maximum Gasteiger partial charge on any atom is 0.410 e. The van der Waals surface area contributed by atoms with E-state index in [4.69, 9.17) is 19.2 Å². The van der Waals surface area contributed by atoms with E-state index in [-0.39, 0.29) is 23.7 Å². The highest BCUT2D eigenvalue weighted by Crippen LogP contribution is 2.35. The van der Waals surface area contributed by atoms with Crippen molar-refractivity contribution < 1.29 is 23.8 Å². The Labute approximate surface area is 210 Å². The highest BCUT2D eigenvalue weighted by atomic mass is 28.3. The summed E-state index contributed by atoms with van der Waals surface area (Å²) in [5.74, 6) is 0.228. The largest absolute Gasteiger partial charge is 0.450 e. The number of hydrogen-bond acceptors (Lipinski definition) is 7. The molecule has 9 nitrogen and oxygen atoms in total. The van der Waals surface area contributed by atoms with Gasteiger partial charge in [0.1, 0.15) is 11.2 Å². The molecule has 0 aromatic rings. The van der Waals surface area contributed by atoms with Gasteiger partial charge in [0.05, 0.1) is 32.8 Å². The lowest BCUT2D eigenvalue weighted by Gasteiger charge is -2.54. The monoisotopic (exact) mass is 506 g/mol. The fraction of sp³-hybridized carbons (Fsp3) is 0.800. The summed E-state index contributed by atoms with van der Waals surface area (Å²) in [4.78, 5) is 35.7. The summed E-state index contributed by atoms with van der Waals surface area (Å²) >= 11 is 0. The van der Waals surface area contributed by atoms with Crippen LogP contribution in [0.15, 0.2) is 16.9 Å². The Morgan fingerprint density at radius 1 is 1.14 bits per heavy atom. The van der Waals surface area contributed by atoms with Gasteiger partial charge in [0.2, 0.25) is 0 Å². The third kappa shape index (κ3) is 6.58. The van der Waals surface area contributed by atoms with Crippen LogP contribution in [0.2, 0.25) is 25.7 Å². The van der Waals surface area contributed by atoms with Crippen LogP contribution in [-0.2, 0) is 14.2 Å². The lowest BCUT2D eigenvalue weighted by molar-refractivity contribution is -0.173. The number of carbonyl (C=O) groups excluding carboxylic acids is 2. The molecule has 1 spiro atoms. The zero-order chi connectivity index (χ0) is 25.4. The quantitative estimate of drug-likeness (QED) is 0.540. The molecule has 0 bridgehead atoms. The number of ether oxygens (including phenoxy) is 3. The van der Waals surface area contributed by atoms with Crippen LogP contribution in [-0.4, -0.2) is 104 Å². The molecule has 2 amide bonds. The number of nitrogens with zero attached hydrogens (tertiary/aromatic N) is 4. The third-order valence-corrected chi connectivity index (χ3v) is 8.69. The van der Waals surface area contributed by atoms with Crippen molar-refractivity contribution in [2.45, 2.75) is 70.5 Å². The highest BCUT2D eigenvalue weighted by molar-refractivity contribution is 6.76. The first kappa shape index (κ1) is 26.0. The molecule has 1 atom stereocenters. The van der Waals surface area contributed by atoms with Crippen LogP contribution in [0.1, 0.15) is 33.6 Å². The Kier molecular flexibility index (Phi) is 7.25. The Morgan fingerprint density at radius 2 is 1.89 bits per heavy atom. The van der Waals surface area contributed by atoms with Crippen LogP contribution in [0.3, 0.4) is 0 Å². The smallest absolute Gasteiger partial charge is 0.410 e. The zero-order valence-corrected chi connectivity index (χ0v) is 23.3. The summed E-state index contributed by atoms with van der Waals surface area (Å²) in [6.45, 7) is 17.6. The lowest BCUT2D eigenvalue weighted by atomic mass is 9.87. The van der Waals surface area contributed by atoms with Crippen molar-refractivity contribution in [2.75, 3.05) is 52.5 Å².